The average molecular weight is 256 g/mol. The molecule has 0 aromatic carbocycles. The van der Waals surface area contributed by atoms with Crippen LogP contribution in [0.2, 0.25) is 0 Å². The molecule has 74 valence electrons. The van der Waals surface area contributed by atoms with E-state index >= 15 is 0 Å². The van der Waals surface area contributed by atoms with Gasteiger partial charge in [0.1, 0.15) is 5.82 Å². The minimum Gasteiger partial charge on any atom is -0.317 e. The number of amides is 1. The van der Waals surface area contributed by atoms with Crippen molar-refractivity contribution in [3.8, 4) is 0 Å². The third kappa shape index (κ3) is 1.93. The van der Waals surface area contributed by atoms with Gasteiger partial charge in [-0.1, -0.05) is 15.9 Å². The molecule has 1 heterocycles. The second-order valence-corrected chi connectivity index (χ2v) is 4.39. The van der Waals surface area contributed by atoms with E-state index in [-0.39, 0.29) is 5.91 Å². The van der Waals surface area contributed by atoms with E-state index in [1.54, 1.807) is 18.3 Å². The molecule has 14 heavy (non-hydrogen) atoms. The molecule has 1 amide bonds. The molecule has 0 saturated heterocycles. The smallest absolute Gasteiger partial charge is 0.245 e. The predicted molar refractivity (Wildman–Crippen MR) is 56.7 cm³/mol. The average Bonchev–Trinajstić information content (AvgIpc) is 2.85. The van der Waals surface area contributed by atoms with Gasteiger partial charge in [0, 0.05) is 10.7 Å². The topological polar surface area (TPSA) is 68.0 Å². The van der Waals surface area contributed by atoms with Crippen LogP contribution in [0.1, 0.15) is 12.8 Å². The van der Waals surface area contributed by atoms with Crippen molar-refractivity contribution >= 4 is 27.7 Å². The van der Waals surface area contributed by atoms with Crippen LogP contribution in [0.25, 0.3) is 0 Å². The fourth-order valence-corrected chi connectivity index (χ4v) is 1.41. The lowest BCUT2D eigenvalue weighted by Gasteiger charge is -2.08. The van der Waals surface area contributed by atoms with E-state index in [4.69, 9.17) is 5.73 Å². The van der Waals surface area contributed by atoms with E-state index in [0.717, 1.165) is 17.3 Å². The summed E-state index contributed by atoms with van der Waals surface area (Å²) in [4.78, 5) is 15.5. The summed E-state index contributed by atoms with van der Waals surface area (Å²) in [5.74, 6) is 0.379. The number of halogens is 1. The van der Waals surface area contributed by atoms with Gasteiger partial charge in [-0.25, -0.2) is 4.98 Å². The Balaban J connectivity index is 2.07. The molecule has 3 N–H and O–H groups in total. The number of hydrogen-bond acceptors (Lipinski definition) is 3. The number of rotatable bonds is 2. The number of nitrogens with two attached hydrogens (primary N) is 1. The van der Waals surface area contributed by atoms with Gasteiger partial charge in [-0.3, -0.25) is 4.79 Å². The molecule has 0 aliphatic heterocycles. The van der Waals surface area contributed by atoms with E-state index < -0.39 is 5.54 Å². The van der Waals surface area contributed by atoms with E-state index in [0.29, 0.717) is 5.82 Å². The molecule has 0 spiro atoms. The number of carbonyl (C=O) groups is 1. The summed E-state index contributed by atoms with van der Waals surface area (Å²) in [6, 6.07) is 3.54. The van der Waals surface area contributed by atoms with Gasteiger partial charge in [-0.2, -0.15) is 0 Å². The van der Waals surface area contributed by atoms with Crippen molar-refractivity contribution in [3.05, 3.63) is 22.8 Å². The molecule has 5 heteroatoms. The Morgan fingerprint density at radius 1 is 1.64 bits per heavy atom. The van der Waals surface area contributed by atoms with E-state index in [9.17, 15) is 4.79 Å². The van der Waals surface area contributed by atoms with Gasteiger partial charge in [0.25, 0.3) is 0 Å². The Hall–Kier alpha value is -0.940. The molecule has 1 aromatic heterocycles. The van der Waals surface area contributed by atoms with Crippen molar-refractivity contribution in [2.45, 2.75) is 18.4 Å². The lowest BCUT2D eigenvalue weighted by atomic mass is 10.3. The normalized spacial score (nSPS) is 17.6. The first-order valence-electron chi connectivity index (χ1n) is 4.32. The van der Waals surface area contributed by atoms with Crippen LogP contribution in [0.5, 0.6) is 0 Å². The largest absolute Gasteiger partial charge is 0.317 e. The molecular formula is C9H10BrN3O. The zero-order valence-corrected chi connectivity index (χ0v) is 9.04. The van der Waals surface area contributed by atoms with Crippen molar-refractivity contribution in [1.82, 2.24) is 4.98 Å². The molecule has 2 rings (SSSR count). The van der Waals surface area contributed by atoms with Gasteiger partial charge in [-0.05, 0) is 25.0 Å². The van der Waals surface area contributed by atoms with Crippen LogP contribution in [0, 0.1) is 0 Å². The Labute approximate surface area is 90.0 Å². The Kier molecular flexibility index (Phi) is 2.28. The summed E-state index contributed by atoms with van der Waals surface area (Å²) >= 11 is 3.30. The highest BCUT2D eigenvalue weighted by atomic mass is 79.9. The van der Waals surface area contributed by atoms with Crippen molar-refractivity contribution in [2.75, 3.05) is 5.32 Å². The third-order valence-corrected chi connectivity index (χ3v) is 2.70. The summed E-state index contributed by atoms with van der Waals surface area (Å²) in [5, 5.41) is 2.68. The van der Waals surface area contributed by atoms with Gasteiger partial charge < -0.3 is 11.1 Å². The fourth-order valence-electron chi connectivity index (χ4n) is 1.08. The molecule has 1 fully saturated rings. The lowest BCUT2D eigenvalue weighted by Crippen LogP contribution is -2.38. The second kappa shape index (κ2) is 3.33. The first kappa shape index (κ1) is 9.61. The highest BCUT2D eigenvalue weighted by molar-refractivity contribution is 9.10. The third-order valence-electron chi connectivity index (χ3n) is 2.20. The molecule has 1 aliphatic carbocycles. The van der Waals surface area contributed by atoms with Crippen LogP contribution in [0.4, 0.5) is 5.82 Å². The Morgan fingerprint density at radius 3 is 2.93 bits per heavy atom. The molecule has 1 aromatic rings. The van der Waals surface area contributed by atoms with Crippen LogP contribution in [0.15, 0.2) is 22.8 Å². The van der Waals surface area contributed by atoms with Gasteiger partial charge >= 0.3 is 0 Å². The van der Waals surface area contributed by atoms with Crippen molar-refractivity contribution in [3.63, 3.8) is 0 Å². The van der Waals surface area contributed by atoms with Crippen LogP contribution >= 0.6 is 15.9 Å². The van der Waals surface area contributed by atoms with Gasteiger partial charge in [0.2, 0.25) is 5.91 Å². The number of pyridine rings is 1. The van der Waals surface area contributed by atoms with E-state index in [2.05, 4.69) is 26.2 Å². The SMILES string of the molecule is NC1(C(=O)Nc2cc(Br)ccn2)CC1. The van der Waals surface area contributed by atoms with Crippen molar-refractivity contribution in [1.29, 1.82) is 0 Å². The molecule has 0 radical (unpaired) electrons. The molecule has 0 bridgehead atoms. The number of carbonyl (C=O) groups excluding carboxylic acids is 1. The van der Waals surface area contributed by atoms with Crippen molar-refractivity contribution in [2.24, 2.45) is 5.73 Å². The summed E-state index contributed by atoms with van der Waals surface area (Å²) in [6.45, 7) is 0. The highest BCUT2D eigenvalue weighted by Gasteiger charge is 2.46. The minimum absolute atomic E-state index is 0.150. The number of anilines is 1. The highest BCUT2D eigenvalue weighted by Crippen LogP contribution is 2.33. The van der Waals surface area contributed by atoms with Gasteiger partial charge in [0.15, 0.2) is 0 Å². The number of hydrogen-bond donors (Lipinski definition) is 2. The zero-order valence-electron chi connectivity index (χ0n) is 7.46. The quantitative estimate of drug-likeness (QED) is 0.837. The summed E-state index contributed by atoms with van der Waals surface area (Å²) in [7, 11) is 0. The van der Waals surface area contributed by atoms with Crippen LogP contribution < -0.4 is 11.1 Å². The molecule has 1 saturated carbocycles. The van der Waals surface area contributed by atoms with Crippen molar-refractivity contribution < 1.29 is 4.79 Å². The maximum Gasteiger partial charge on any atom is 0.245 e. The van der Waals surface area contributed by atoms with Crippen LogP contribution in [-0.2, 0) is 4.79 Å². The molecule has 4 nitrogen and oxygen atoms in total. The van der Waals surface area contributed by atoms with E-state index in [1.807, 2.05) is 0 Å². The Bertz CT molecular complexity index is 376. The van der Waals surface area contributed by atoms with Gasteiger partial charge in [0.05, 0.1) is 5.54 Å². The van der Waals surface area contributed by atoms with E-state index in [1.165, 1.54) is 0 Å². The van der Waals surface area contributed by atoms with Gasteiger partial charge in [-0.15, -0.1) is 0 Å². The number of nitrogens with zero attached hydrogens (tertiary/aromatic N) is 1. The monoisotopic (exact) mass is 255 g/mol. The molecule has 1 aliphatic rings. The molecule has 0 unspecified atom stereocenters. The predicted octanol–water partition coefficient (Wildman–Crippen LogP) is 1.27. The van der Waals surface area contributed by atoms with Crippen LogP contribution in [-0.4, -0.2) is 16.4 Å². The standard InChI is InChI=1S/C9H10BrN3O/c10-6-1-4-12-7(5-6)13-8(14)9(11)2-3-9/h1,4-5H,2-3,11H2,(H,12,13,14). The summed E-state index contributed by atoms with van der Waals surface area (Å²) in [6.07, 6.45) is 3.13. The first-order chi connectivity index (χ1) is 6.60. The maximum absolute atomic E-state index is 11.5. The fraction of sp³-hybridized carbons (Fsp3) is 0.333. The number of nitrogens with one attached hydrogen (secondary N) is 1. The second-order valence-electron chi connectivity index (χ2n) is 3.47. The number of aromatic nitrogens is 1. The zero-order chi connectivity index (χ0) is 10.2. The molecular weight excluding hydrogens is 246 g/mol. The summed E-state index contributed by atoms with van der Waals surface area (Å²) in [5.41, 5.74) is 5.08. The maximum atomic E-state index is 11.5. The minimum atomic E-state index is -0.649. The first-order valence-corrected chi connectivity index (χ1v) is 5.11. The summed E-state index contributed by atoms with van der Waals surface area (Å²) < 4.78 is 0.879. The lowest BCUT2D eigenvalue weighted by molar-refractivity contribution is -0.118. The Morgan fingerprint density at radius 2 is 2.36 bits per heavy atom. The molecule has 0 atom stereocenters. The van der Waals surface area contributed by atoms with Crippen LogP contribution in [0.3, 0.4) is 0 Å².